The van der Waals surface area contributed by atoms with E-state index in [1.807, 2.05) is 30.3 Å². The molecular formula is C17H17NO5. The van der Waals surface area contributed by atoms with E-state index < -0.39 is 11.9 Å². The molecule has 120 valence electrons. The van der Waals surface area contributed by atoms with Gasteiger partial charge in [-0.15, -0.1) is 6.58 Å². The van der Waals surface area contributed by atoms with E-state index in [0.717, 1.165) is 0 Å². The Kier molecular flexibility index (Phi) is 5.99. The quantitative estimate of drug-likeness (QED) is 0.597. The lowest BCUT2D eigenvalue weighted by atomic mass is 10.3. The van der Waals surface area contributed by atoms with Crippen molar-refractivity contribution in [1.29, 1.82) is 0 Å². The molecule has 0 saturated carbocycles. The predicted molar refractivity (Wildman–Crippen MR) is 83.0 cm³/mol. The summed E-state index contributed by atoms with van der Waals surface area (Å²) in [6, 6.07) is 12.3. The number of rotatable bonds is 8. The number of hydrogen-bond donors (Lipinski definition) is 1. The molecule has 0 fully saturated rings. The largest absolute Gasteiger partial charge is 0.486 e. The Labute approximate surface area is 133 Å². The van der Waals surface area contributed by atoms with Crippen molar-refractivity contribution in [3.05, 3.63) is 66.6 Å². The third kappa shape index (κ3) is 5.35. The molecule has 0 atom stereocenters. The van der Waals surface area contributed by atoms with Gasteiger partial charge in [0.1, 0.15) is 18.1 Å². The van der Waals surface area contributed by atoms with Crippen LogP contribution in [0.25, 0.3) is 0 Å². The number of amides is 1. The van der Waals surface area contributed by atoms with Crippen molar-refractivity contribution in [3.8, 4) is 5.75 Å². The summed E-state index contributed by atoms with van der Waals surface area (Å²) < 4.78 is 15.7. The van der Waals surface area contributed by atoms with Gasteiger partial charge in [0.05, 0.1) is 0 Å². The number of hydrogen-bond acceptors (Lipinski definition) is 5. The number of nitrogens with one attached hydrogen (secondary N) is 1. The summed E-state index contributed by atoms with van der Waals surface area (Å²) in [5.41, 5.74) is 0. The van der Waals surface area contributed by atoms with Crippen LogP contribution < -0.4 is 10.1 Å². The van der Waals surface area contributed by atoms with Gasteiger partial charge < -0.3 is 19.2 Å². The average molecular weight is 315 g/mol. The molecule has 0 radical (unpaired) electrons. The maximum Gasteiger partial charge on any atom is 0.374 e. The highest BCUT2D eigenvalue weighted by atomic mass is 16.6. The van der Waals surface area contributed by atoms with Crippen LogP contribution in [-0.4, -0.2) is 25.0 Å². The summed E-state index contributed by atoms with van der Waals surface area (Å²) >= 11 is 0. The van der Waals surface area contributed by atoms with Crippen LogP contribution >= 0.6 is 0 Å². The van der Waals surface area contributed by atoms with Gasteiger partial charge in [-0.3, -0.25) is 4.79 Å². The number of para-hydroxylation sites is 1. The van der Waals surface area contributed by atoms with Crippen LogP contribution in [0, 0.1) is 0 Å². The summed E-state index contributed by atoms with van der Waals surface area (Å²) in [5.74, 6) is 0.0964. The van der Waals surface area contributed by atoms with Crippen molar-refractivity contribution in [2.24, 2.45) is 0 Å². The van der Waals surface area contributed by atoms with Gasteiger partial charge in [0.15, 0.2) is 6.61 Å². The summed E-state index contributed by atoms with van der Waals surface area (Å²) in [5, 5.41) is 2.50. The van der Waals surface area contributed by atoms with Crippen molar-refractivity contribution in [2.45, 2.75) is 6.61 Å². The molecule has 6 nitrogen and oxygen atoms in total. The second-order valence-corrected chi connectivity index (χ2v) is 4.54. The molecule has 23 heavy (non-hydrogen) atoms. The molecule has 1 aromatic heterocycles. The normalized spacial score (nSPS) is 9.91. The second kappa shape index (κ2) is 8.43. The van der Waals surface area contributed by atoms with Crippen molar-refractivity contribution in [2.75, 3.05) is 13.2 Å². The molecule has 0 spiro atoms. The molecule has 0 bridgehead atoms. The Hall–Kier alpha value is -3.02. The van der Waals surface area contributed by atoms with Crippen LogP contribution in [0.5, 0.6) is 5.75 Å². The second-order valence-electron chi connectivity index (χ2n) is 4.54. The SMILES string of the molecule is C=CCNC(=O)COC(=O)c1ccc(COc2ccccc2)o1. The molecule has 0 aliphatic heterocycles. The molecule has 1 heterocycles. The molecule has 0 aliphatic carbocycles. The van der Waals surface area contributed by atoms with E-state index in [1.165, 1.54) is 12.1 Å². The smallest absolute Gasteiger partial charge is 0.374 e. The molecule has 2 rings (SSSR count). The fraction of sp³-hybridized carbons (Fsp3) is 0.176. The number of carbonyl (C=O) groups is 2. The van der Waals surface area contributed by atoms with Crippen molar-refractivity contribution in [3.63, 3.8) is 0 Å². The minimum Gasteiger partial charge on any atom is -0.486 e. The van der Waals surface area contributed by atoms with Crippen LogP contribution in [0.3, 0.4) is 0 Å². The summed E-state index contributed by atoms with van der Waals surface area (Å²) in [6.07, 6.45) is 1.53. The first-order valence-electron chi connectivity index (χ1n) is 7.00. The molecule has 2 aromatic rings. The van der Waals surface area contributed by atoms with E-state index in [4.69, 9.17) is 13.9 Å². The Morgan fingerprint density at radius 3 is 2.70 bits per heavy atom. The Balaban J connectivity index is 1.80. The number of ether oxygens (including phenoxy) is 2. The third-order valence-corrected chi connectivity index (χ3v) is 2.77. The van der Waals surface area contributed by atoms with E-state index in [0.29, 0.717) is 18.1 Å². The highest BCUT2D eigenvalue weighted by Crippen LogP contribution is 2.14. The topological polar surface area (TPSA) is 77.8 Å². The first-order valence-corrected chi connectivity index (χ1v) is 7.00. The van der Waals surface area contributed by atoms with Gasteiger partial charge in [0.2, 0.25) is 5.76 Å². The van der Waals surface area contributed by atoms with Gasteiger partial charge >= 0.3 is 5.97 Å². The first-order chi connectivity index (χ1) is 11.2. The van der Waals surface area contributed by atoms with Gasteiger partial charge in [-0.2, -0.15) is 0 Å². The summed E-state index contributed by atoms with van der Waals surface area (Å²) in [4.78, 5) is 23.1. The average Bonchev–Trinajstić information content (AvgIpc) is 3.06. The lowest BCUT2D eigenvalue weighted by Crippen LogP contribution is -2.28. The Morgan fingerprint density at radius 2 is 1.96 bits per heavy atom. The fourth-order valence-corrected chi connectivity index (χ4v) is 1.68. The van der Waals surface area contributed by atoms with Gasteiger partial charge in [-0.05, 0) is 24.3 Å². The molecule has 0 unspecified atom stereocenters. The lowest BCUT2D eigenvalue weighted by molar-refractivity contribution is -0.124. The van der Waals surface area contributed by atoms with Crippen LogP contribution in [-0.2, 0) is 16.1 Å². The zero-order valence-electron chi connectivity index (χ0n) is 12.5. The van der Waals surface area contributed by atoms with Gasteiger partial charge in [0, 0.05) is 6.54 Å². The molecule has 1 aromatic carbocycles. The Bertz CT molecular complexity index is 663. The minimum atomic E-state index is -0.704. The van der Waals surface area contributed by atoms with Crippen LogP contribution in [0.2, 0.25) is 0 Å². The van der Waals surface area contributed by atoms with E-state index in [9.17, 15) is 9.59 Å². The number of carbonyl (C=O) groups excluding carboxylic acids is 2. The van der Waals surface area contributed by atoms with Crippen molar-refractivity contribution < 1.29 is 23.5 Å². The third-order valence-electron chi connectivity index (χ3n) is 2.77. The van der Waals surface area contributed by atoms with Crippen LogP contribution in [0.15, 0.2) is 59.5 Å². The highest BCUT2D eigenvalue weighted by molar-refractivity contribution is 5.88. The maximum atomic E-state index is 11.8. The molecule has 6 heteroatoms. The molecule has 1 N–H and O–H groups in total. The number of benzene rings is 1. The van der Waals surface area contributed by atoms with Crippen molar-refractivity contribution >= 4 is 11.9 Å². The van der Waals surface area contributed by atoms with Crippen LogP contribution in [0.4, 0.5) is 0 Å². The predicted octanol–water partition coefficient (Wildman–Crippen LogP) is 2.32. The molecule has 0 aliphatic rings. The highest BCUT2D eigenvalue weighted by Gasteiger charge is 2.14. The van der Waals surface area contributed by atoms with E-state index in [-0.39, 0.29) is 19.0 Å². The van der Waals surface area contributed by atoms with E-state index >= 15 is 0 Å². The lowest BCUT2D eigenvalue weighted by Gasteiger charge is -2.04. The molecule has 0 saturated heterocycles. The Morgan fingerprint density at radius 1 is 1.17 bits per heavy atom. The van der Waals surface area contributed by atoms with Gasteiger partial charge in [-0.25, -0.2) is 4.79 Å². The standard InChI is InChI=1S/C17H17NO5/c1-2-10-18-16(19)12-22-17(20)15-9-8-14(23-15)11-21-13-6-4-3-5-7-13/h2-9H,1,10-12H2,(H,18,19). The number of furan rings is 1. The van der Waals surface area contributed by atoms with E-state index in [2.05, 4.69) is 11.9 Å². The summed E-state index contributed by atoms with van der Waals surface area (Å²) in [6.45, 7) is 3.61. The maximum absolute atomic E-state index is 11.8. The fourth-order valence-electron chi connectivity index (χ4n) is 1.68. The minimum absolute atomic E-state index is 0.0215. The monoisotopic (exact) mass is 315 g/mol. The van der Waals surface area contributed by atoms with E-state index in [1.54, 1.807) is 6.07 Å². The van der Waals surface area contributed by atoms with Gasteiger partial charge in [0.25, 0.3) is 5.91 Å². The number of esters is 1. The summed E-state index contributed by atoms with van der Waals surface area (Å²) in [7, 11) is 0. The zero-order chi connectivity index (χ0) is 16.5. The molecular weight excluding hydrogens is 298 g/mol. The first kappa shape index (κ1) is 16.4. The van der Waals surface area contributed by atoms with Crippen molar-refractivity contribution in [1.82, 2.24) is 5.32 Å². The molecule has 1 amide bonds. The van der Waals surface area contributed by atoms with Crippen LogP contribution in [0.1, 0.15) is 16.3 Å². The zero-order valence-corrected chi connectivity index (χ0v) is 12.5. The van der Waals surface area contributed by atoms with Gasteiger partial charge in [-0.1, -0.05) is 24.3 Å².